The van der Waals surface area contributed by atoms with E-state index in [0.717, 1.165) is 17.1 Å². The topological polar surface area (TPSA) is 8.17 Å². The third-order valence-electron chi connectivity index (χ3n) is 14.0. The summed E-state index contributed by atoms with van der Waals surface area (Å²) in [5.41, 5.74) is 19.6. The number of aromatic nitrogens is 1. The maximum atomic E-state index is 2.42. The summed E-state index contributed by atoms with van der Waals surface area (Å²) in [4.78, 5) is 2.41. The Morgan fingerprint density at radius 3 is 1.53 bits per heavy atom. The van der Waals surface area contributed by atoms with Gasteiger partial charge in [-0.2, -0.15) is 0 Å². The monoisotopic (exact) mass is 860 g/mol. The Morgan fingerprint density at radius 1 is 0.348 bits per heavy atom. The second kappa shape index (κ2) is 15.1. The highest BCUT2D eigenvalue weighted by Crippen LogP contribution is 2.51. The van der Waals surface area contributed by atoms with Crippen molar-refractivity contribution in [1.82, 2.24) is 4.57 Å². The molecule has 0 bridgehead atoms. The van der Waals surface area contributed by atoms with E-state index in [9.17, 15) is 0 Å². The molecule has 1 aliphatic carbocycles. The summed E-state index contributed by atoms with van der Waals surface area (Å²) in [5, 5.41) is 5.12. The van der Waals surface area contributed by atoms with E-state index in [1.165, 1.54) is 103 Å². The molecule has 66 heavy (non-hydrogen) atoms. The van der Waals surface area contributed by atoms with Gasteiger partial charge in [0.05, 0.1) is 11.0 Å². The van der Waals surface area contributed by atoms with Crippen LogP contribution >= 0.6 is 11.3 Å². The number of nitrogens with zero attached hydrogens (tertiary/aromatic N) is 2. The minimum atomic E-state index is -0.0995. The lowest BCUT2D eigenvalue weighted by Crippen LogP contribution is -2.16. The fourth-order valence-electron chi connectivity index (χ4n) is 10.7. The van der Waals surface area contributed by atoms with Gasteiger partial charge in [0.2, 0.25) is 0 Å². The van der Waals surface area contributed by atoms with Gasteiger partial charge in [-0.1, -0.05) is 153 Å². The van der Waals surface area contributed by atoms with Crippen molar-refractivity contribution in [3.05, 3.63) is 242 Å². The zero-order chi connectivity index (χ0) is 43.9. The number of thiophene rings is 1. The van der Waals surface area contributed by atoms with Crippen molar-refractivity contribution in [1.29, 1.82) is 0 Å². The highest BCUT2D eigenvalue weighted by molar-refractivity contribution is 7.25. The molecule has 3 heteroatoms. The molecule has 13 rings (SSSR count). The van der Waals surface area contributed by atoms with Crippen LogP contribution in [0, 0.1) is 0 Å². The van der Waals surface area contributed by atoms with Gasteiger partial charge in [0.25, 0.3) is 0 Å². The number of fused-ring (bicyclic) bond motifs is 9. The molecule has 0 radical (unpaired) electrons. The molecular formula is C63H44N2S. The lowest BCUT2D eigenvalue weighted by Gasteiger charge is -2.28. The van der Waals surface area contributed by atoms with Crippen LogP contribution in [0.15, 0.2) is 231 Å². The molecular weight excluding hydrogens is 817 g/mol. The summed E-state index contributed by atoms with van der Waals surface area (Å²) in [6.45, 7) is 4.71. The third-order valence-corrected chi connectivity index (χ3v) is 15.2. The summed E-state index contributed by atoms with van der Waals surface area (Å²) in [5.74, 6) is 0. The SMILES string of the molecule is CC1(C)c2ccccc2-c2ccc(N(c3ccc(-c4ccccc4)cc3)c3ccc(-c4ccc5sc6ccc(-c7ccc8c(c7)c7ccccc7n8-c7ccccc7)cc6c5c4)cc3)cc21. The van der Waals surface area contributed by atoms with Crippen molar-refractivity contribution in [2.45, 2.75) is 19.3 Å². The fourth-order valence-corrected chi connectivity index (χ4v) is 11.7. The molecule has 0 amide bonds. The van der Waals surface area contributed by atoms with Gasteiger partial charge >= 0.3 is 0 Å². The molecule has 0 saturated heterocycles. The van der Waals surface area contributed by atoms with Crippen LogP contribution < -0.4 is 4.90 Å². The summed E-state index contributed by atoms with van der Waals surface area (Å²) in [7, 11) is 0. The first-order valence-corrected chi connectivity index (χ1v) is 23.6. The summed E-state index contributed by atoms with van der Waals surface area (Å²) < 4.78 is 4.99. The Labute approximate surface area is 388 Å². The number of hydrogen-bond donors (Lipinski definition) is 0. The maximum absolute atomic E-state index is 2.42. The van der Waals surface area contributed by atoms with Crippen LogP contribution in [0.3, 0.4) is 0 Å². The van der Waals surface area contributed by atoms with Gasteiger partial charge in [-0.25, -0.2) is 0 Å². The van der Waals surface area contributed by atoms with E-state index in [0.29, 0.717) is 0 Å². The molecule has 0 saturated carbocycles. The van der Waals surface area contributed by atoms with Crippen LogP contribution in [0.25, 0.3) is 92.2 Å². The molecule has 12 aromatic rings. The first-order valence-electron chi connectivity index (χ1n) is 22.8. The largest absolute Gasteiger partial charge is 0.310 e. The van der Waals surface area contributed by atoms with Crippen molar-refractivity contribution in [2.24, 2.45) is 0 Å². The second-order valence-corrected chi connectivity index (χ2v) is 19.2. The van der Waals surface area contributed by atoms with Crippen molar-refractivity contribution < 1.29 is 0 Å². The molecule has 0 unspecified atom stereocenters. The molecule has 2 heterocycles. The van der Waals surface area contributed by atoms with Crippen LogP contribution in [0.4, 0.5) is 17.1 Å². The number of anilines is 3. The van der Waals surface area contributed by atoms with E-state index in [-0.39, 0.29) is 5.41 Å². The van der Waals surface area contributed by atoms with E-state index in [1.54, 1.807) is 0 Å². The van der Waals surface area contributed by atoms with Crippen LogP contribution in [0.5, 0.6) is 0 Å². The van der Waals surface area contributed by atoms with Gasteiger partial charge in [-0.3, -0.25) is 0 Å². The van der Waals surface area contributed by atoms with Gasteiger partial charge in [0.15, 0.2) is 0 Å². The Bertz CT molecular complexity index is 3820. The average Bonchev–Trinajstić information content (AvgIpc) is 3.99. The van der Waals surface area contributed by atoms with E-state index >= 15 is 0 Å². The molecule has 0 N–H and O–H groups in total. The molecule has 1 aliphatic rings. The van der Waals surface area contributed by atoms with Crippen LogP contribution in [0.1, 0.15) is 25.0 Å². The average molecular weight is 861 g/mol. The minimum Gasteiger partial charge on any atom is -0.310 e. The van der Waals surface area contributed by atoms with Gasteiger partial charge < -0.3 is 9.47 Å². The zero-order valence-corrected chi connectivity index (χ0v) is 37.6. The first kappa shape index (κ1) is 38.5. The molecule has 2 nitrogen and oxygen atoms in total. The fraction of sp³-hybridized carbons (Fsp3) is 0.0476. The minimum absolute atomic E-state index is 0.0995. The number of hydrogen-bond acceptors (Lipinski definition) is 2. The Morgan fingerprint density at radius 2 is 0.833 bits per heavy atom. The smallest absolute Gasteiger partial charge is 0.0541 e. The van der Waals surface area contributed by atoms with Crippen molar-refractivity contribution in [2.75, 3.05) is 4.90 Å². The van der Waals surface area contributed by atoms with E-state index < -0.39 is 0 Å². The van der Waals surface area contributed by atoms with Crippen LogP contribution in [-0.2, 0) is 5.41 Å². The molecule has 312 valence electrons. The van der Waals surface area contributed by atoms with Crippen molar-refractivity contribution >= 4 is 70.4 Å². The quantitative estimate of drug-likeness (QED) is 0.155. The van der Waals surface area contributed by atoms with Crippen LogP contribution in [-0.4, -0.2) is 4.57 Å². The van der Waals surface area contributed by atoms with Crippen molar-refractivity contribution in [3.8, 4) is 50.2 Å². The molecule has 0 aliphatic heterocycles. The van der Waals surface area contributed by atoms with E-state index in [4.69, 9.17) is 0 Å². The summed E-state index contributed by atoms with van der Waals surface area (Å²) in [6.07, 6.45) is 0. The van der Waals surface area contributed by atoms with Gasteiger partial charge in [0.1, 0.15) is 0 Å². The second-order valence-electron chi connectivity index (χ2n) is 18.1. The number of rotatable bonds is 7. The Hall–Kier alpha value is -7.98. The standard InChI is InChI=1S/C63H44N2S/c1-63(2)57-19-11-9-17-51(57)52-33-32-50(40-58(52)63)64(48-28-21-42(22-29-48)41-13-5-3-6-14-41)49-30-23-43(24-31-49)44-26-35-61-55(38-44)56-39-46(27-36-62(56)66-61)45-25-34-60-54(37-45)53-18-10-12-20-59(53)65(60)47-15-7-4-8-16-47/h3-40H,1-2H3. The van der Waals surface area contributed by atoms with Crippen molar-refractivity contribution in [3.63, 3.8) is 0 Å². The highest BCUT2D eigenvalue weighted by Gasteiger charge is 2.35. The van der Waals surface area contributed by atoms with E-state index in [1.807, 2.05) is 11.3 Å². The number of para-hydroxylation sites is 2. The molecule has 2 aromatic heterocycles. The molecule has 0 spiro atoms. The van der Waals surface area contributed by atoms with Gasteiger partial charge in [0, 0.05) is 59.1 Å². The lowest BCUT2D eigenvalue weighted by atomic mass is 9.82. The third kappa shape index (κ3) is 6.15. The summed E-state index contributed by atoms with van der Waals surface area (Å²) in [6, 6.07) is 85.1. The highest BCUT2D eigenvalue weighted by atomic mass is 32.1. The maximum Gasteiger partial charge on any atom is 0.0541 e. The number of benzene rings is 10. The van der Waals surface area contributed by atoms with Gasteiger partial charge in [-0.05, 0) is 147 Å². The predicted molar refractivity (Wildman–Crippen MR) is 282 cm³/mol. The lowest BCUT2D eigenvalue weighted by molar-refractivity contribution is 0.660. The molecule has 0 fully saturated rings. The molecule has 0 atom stereocenters. The predicted octanol–water partition coefficient (Wildman–Crippen LogP) is 17.9. The summed E-state index contributed by atoms with van der Waals surface area (Å²) >= 11 is 1.87. The van der Waals surface area contributed by atoms with Crippen LogP contribution in [0.2, 0.25) is 0 Å². The van der Waals surface area contributed by atoms with E-state index in [2.05, 4.69) is 254 Å². The molecule has 10 aromatic carbocycles. The zero-order valence-electron chi connectivity index (χ0n) is 36.7. The Balaban J connectivity index is 0.871. The normalized spacial score (nSPS) is 12.8. The first-order chi connectivity index (χ1) is 32.5. The Kier molecular flexibility index (Phi) is 8.78. The van der Waals surface area contributed by atoms with Gasteiger partial charge in [-0.15, -0.1) is 11.3 Å².